The van der Waals surface area contributed by atoms with Gasteiger partial charge in [0.1, 0.15) is 6.04 Å². The van der Waals surface area contributed by atoms with Crippen molar-refractivity contribution in [2.24, 2.45) is 0 Å². The number of amides is 2. The Morgan fingerprint density at radius 2 is 1.71 bits per heavy atom. The van der Waals surface area contributed by atoms with Crippen LogP contribution in [0.1, 0.15) is 42.1 Å². The highest BCUT2D eigenvalue weighted by Gasteiger charge is 2.26. The number of carbonyl (C=O) groups excluding carboxylic acids is 3. The van der Waals surface area contributed by atoms with Gasteiger partial charge >= 0.3 is 5.97 Å². The predicted octanol–water partition coefficient (Wildman–Crippen LogP) is 2.47. The lowest BCUT2D eigenvalue weighted by Crippen LogP contribution is -2.40. The molecule has 1 fully saturated rings. The third-order valence-electron chi connectivity index (χ3n) is 5.52. The van der Waals surface area contributed by atoms with Gasteiger partial charge in [0, 0.05) is 24.3 Å². The maximum Gasteiger partial charge on any atom is 0.328 e. The number of rotatable bonds is 8. The van der Waals surface area contributed by atoms with Crippen LogP contribution in [0.3, 0.4) is 0 Å². The van der Waals surface area contributed by atoms with Crippen molar-refractivity contribution in [3.63, 3.8) is 0 Å². The number of nitrogens with zero attached hydrogens (tertiary/aromatic N) is 1. The van der Waals surface area contributed by atoms with Crippen molar-refractivity contribution in [3.05, 3.63) is 59.7 Å². The number of nitrogens with one attached hydrogen (secondary N) is 2. The van der Waals surface area contributed by atoms with Crippen LogP contribution in [-0.2, 0) is 24.3 Å². The number of ether oxygens (including phenoxy) is 1. The maximum atomic E-state index is 12.9. The van der Waals surface area contributed by atoms with Crippen LogP contribution in [0.2, 0.25) is 0 Å². The molecule has 0 aromatic heterocycles. The summed E-state index contributed by atoms with van der Waals surface area (Å²) in [7, 11) is -3.65. The number of piperidine rings is 1. The van der Waals surface area contributed by atoms with E-state index in [0.29, 0.717) is 29.9 Å². The van der Waals surface area contributed by atoms with Crippen molar-refractivity contribution in [1.29, 1.82) is 0 Å². The molecule has 2 amide bonds. The highest BCUT2D eigenvalue weighted by molar-refractivity contribution is 7.89. The number of sulfonamides is 1. The quantitative estimate of drug-likeness (QED) is 0.552. The molecule has 2 aromatic carbocycles. The molecule has 9 nitrogen and oxygen atoms in total. The molecule has 34 heavy (non-hydrogen) atoms. The summed E-state index contributed by atoms with van der Waals surface area (Å²) in [4.78, 5) is 36.8. The van der Waals surface area contributed by atoms with Crippen LogP contribution in [0.4, 0.5) is 5.69 Å². The highest BCUT2D eigenvalue weighted by atomic mass is 32.2. The first-order chi connectivity index (χ1) is 16.2. The van der Waals surface area contributed by atoms with Crippen LogP contribution in [-0.4, -0.2) is 56.2 Å². The van der Waals surface area contributed by atoms with Gasteiger partial charge in [0.25, 0.3) is 11.8 Å². The zero-order valence-corrected chi connectivity index (χ0v) is 20.1. The summed E-state index contributed by atoms with van der Waals surface area (Å²) in [5.41, 5.74) is 1.39. The van der Waals surface area contributed by atoms with E-state index >= 15 is 0 Å². The van der Waals surface area contributed by atoms with E-state index in [4.69, 9.17) is 4.74 Å². The summed E-state index contributed by atoms with van der Waals surface area (Å²) in [6.45, 7) is 3.58. The van der Waals surface area contributed by atoms with Crippen LogP contribution >= 0.6 is 0 Å². The van der Waals surface area contributed by atoms with Crippen LogP contribution in [0.25, 0.3) is 0 Å². The average Bonchev–Trinajstić information content (AvgIpc) is 2.84. The van der Waals surface area contributed by atoms with E-state index in [1.807, 2.05) is 0 Å². The van der Waals surface area contributed by atoms with Gasteiger partial charge in [-0.2, -0.15) is 4.31 Å². The Labute approximate surface area is 199 Å². The van der Waals surface area contributed by atoms with Crippen LogP contribution < -0.4 is 10.6 Å². The van der Waals surface area contributed by atoms with Crippen LogP contribution in [0.15, 0.2) is 53.4 Å². The largest absolute Gasteiger partial charge is 0.454 e. The van der Waals surface area contributed by atoms with Crippen molar-refractivity contribution >= 4 is 33.5 Å². The molecule has 3 rings (SSSR count). The number of hydrogen-bond donors (Lipinski definition) is 2. The fraction of sp³-hybridized carbons (Fsp3) is 0.375. The Morgan fingerprint density at radius 3 is 2.38 bits per heavy atom. The van der Waals surface area contributed by atoms with Gasteiger partial charge in [-0.25, -0.2) is 13.2 Å². The van der Waals surface area contributed by atoms with E-state index in [1.165, 1.54) is 23.4 Å². The first-order valence-electron chi connectivity index (χ1n) is 11.1. The summed E-state index contributed by atoms with van der Waals surface area (Å²) in [6.07, 6.45) is 2.66. The van der Waals surface area contributed by atoms with Crippen molar-refractivity contribution in [2.45, 2.75) is 44.0 Å². The third kappa shape index (κ3) is 6.42. The number of carbonyl (C=O) groups is 3. The lowest BCUT2D eigenvalue weighted by molar-refractivity contribution is -0.148. The number of aryl methyl sites for hydroxylation is 1. The molecular formula is C24H29N3O6S. The molecular weight excluding hydrogens is 458 g/mol. The van der Waals surface area contributed by atoms with Crippen molar-refractivity contribution < 1.29 is 27.5 Å². The molecule has 0 saturated carbocycles. The van der Waals surface area contributed by atoms with Gasteiger partial charge in [0.2, 0.25) is 10.0 Å². The first kappa shape index (κ1) is 25.4. The lowest BCUT2D eigenvalue weighted by Gasteiger charge is -2.26. The Kier molecular flexibility index (Phi) is 8.41. The molecule has 2 N–H and O–H groups in total. The van der Waals surface area contributed by atoms with Crippen molar-refractivity contribution in [3.8, 4) is 0 Å². The molecule has 0 bridgehead atoms. The fourth-order valence-electron chi connectivity index (χ4n) is 3.53. The summed E-state index contributed by atoms with van der Waals surface area (Å²) < 4.78 is 32.3. The zero-order valence-electron chi connectivity index (χ0n) is 19.2. The fourth-order valence-corrected chi connectivity index (χ4v) is 5.07. The number of hydrogen-bond acceptors (Lipinski definition) is 6. The maximum absolute atomic E-state index is 12.9. The van der Waals surface area contributed by atoms with Gasteiger partial charge < -0.3 is 15.4 Å². The second-order valence-corrected chi connectivity index (χ2v) is 10.1. The second kappa shape index (κ2) is 11.3. The van der Waals surface area contributed by atoms with Crippen LogP contribution in [0.5, 0.6) is 0 Å². The number of anilines is 1. The van der Waals surface area contributed by atoms with E-state index in [9.17, 15) is 22.8 Å². The summed E-state index contributed by atoms with van der Waals surface area (Å²) in [5.74, 6) is -1.82. The molecule has 0 spiro atoms. The number of esters is 1. The average molecular weight is 488 g/mol. The van der Waals surface area contributed by atoms with Gasteiger partial charge in [-0.05, 0) is 56.5 Å². The first-order valence-corrected chi connectivity index (χ1v) is 12.6. The highest BCUT2D eigenvalue weighted by Crippen LogP contribution is 2.25. The van der Waals surface area contributed by atoms with E-state index in [1.54, 1.807) is 43.3 Å². The van der Waals surface area contributed by atoms with Gasteiger partial charge in [0.15, 0.2) is 6.61 Å². The minimum Gasteiger partial charge on any atom is -0.454 e. The molecule has 1 aliphatic rings. The zero-order chi connectivity index (χ0) is 24.7. The molecule has 1 aliphatic heterocycles. The standard InChI is InChI=1S/C24H29N3O6S/c1-17-11-12-20(34(31,32)27-13-7-4-8-14-27)15-21(17)26-22(28)16-33-24(30)18(2)25-23(29)19-9-5-3-6-10-19/h3,5-6,9-12,15,18H,4,7-8,13-14,16H2,1-2H3,(H,25,29)(H,26,28)/t18-/m0/s1. The SMILES string of the molecule is Cc1ccc(S(=O)(=O)N2CCCCC2)cc1NC(=O)COC(=O)[C@H](C)NC(=O)c1ccccc1. The van der Waals surface area contributed by atoms with Gasteiger partial charge in [-0.1, -0.05) is 30.7 Å². The minimum atomic E-state index is -3.65. The Morgan fingerprint density at radius 1 is 1.03 bits per heavy atom. The number of benzene rings is 2. The second-order valence-electron chi connectivity index (χ2n) is 8.16. The van der Waals surface area contributed by atoms with E-state index < -0.39 is 40.5 Å². The van der Waals surface area contributed by atoms with Crippen molar-refractivity contribution in [2.75, 3.05) is 25.0 Å². The minimum absolute atomic E-state index is 0.101. The van der Waals surface area contributed by atoms with E-state index in [-0.39, 0.29) is 4.90 Å². The Hall–Kier alpha value is -3.24. The van der Waals surface area contributed by atoms with Gasteiger partial charge in [-0.15, -0.1) is 0 Å². The summed E-state index contributed by atoms with van der Waals surface area (Å²) >= 11 is 0. The monoisotopic (exact) mass is 487 g/mol. The molecule has 0 unspecified atom stereocenters. The molecule has 0 aliphatic carbocycles. The molecule has 1 saturated heterocycles. The van der Waals surface area contributed by atoms with Crippen LogP contribution in [0, 0.1) is 6.92 Å². The summed E-state index contributed by atoms with van der Waals surface area (Å²) in [5, 5.41) is 5.12. The van der Waals surface area contributed by atoms with Gasteiger partial charge in [0.05, 0.1) is 4.90 Å². The Bertz CT molecular complexity index is 1140. The Balaban J connectivity index is 1.56. The topological polar surface area (TPSA) is 122 Å². The normalized spacial score (nSPS) is 15.2. The smallest absolute Gasteiger partial charge is 0.328 e. The lowest BCUT2D eigenvalue weighted by atomic mass is 10.2. The molecule has 1 heterocycles. The molecule has 0 radical (unpaired) electrons. The third-order valence-corrected chi connectivity index (χ3v) is 7.41. The molecule has 2 aromatic rings. The van der Waals surface area contributed by atoms with E-state index in [2.05, 4.69) is 10.6 Å². The molecule has 1 atom stereocenters. The van der Waals surface area contributed by atoms with Crippen molar-refractivity contribution in [1.82, 2.24) is 9.62 Å². The van der Waals surface area contributed by atoms with Gasteiger partial charge in [-0.3, -0.25) is 9.59 Å². The predicted molar refractivity (Wildman–Crippen MR) is 127 cm³/mol. The molecule has 182 valence electrons. The molecule has 10 heteroatoms. The van der Waals surface area contributed by atoms with E-state index in [0.717, 1.165) is 19.3 Å². The summed E-state index contributed by atoms with van der Waals surface area (Å²) in [6, 6.07) is 12.0.